The van der Waals surface area contributed by atoms with Gasteiger partial charge in [-0.2, -0.15) is 0 Å². The Labute approximate surface area is 146 Å². The van der Waals surface area contributed by atoms with Crippen LogP contribution in [0.4, 0.5) is 0 Å². The third kappa shape index (κ3) is 3.73. The Bertz CT molecular complexity index is 746. The van der Waals surface area contributed by atoms with Gasteiger partial charge in [-0.3, -0.25) is 9.59 Å². The van der Waals surface area contributed by atoms with E-state index in [-0.39, 0.29) is 5.91 Å². The molecule has 1 aliphatic heterocycles. The molecule has 0 saturated carbocycles. The van der Waals surface area contributed by atoms with Crippen molar-refractivity contribution >= 4 is 23.5 Å². The van der Waals surface area contributed by atoms with Crippen LogP contribution in [0.15, 0.2) is 23.6 Å². The maximum atomic E-state index is 12.6. The fourth-order valence-corrected chi connectivity index (χ4v) is 4.12. The number of likely N-dealkylation sites (tertiary alicyclic amines) is 1. The molecule has 0 unspecified atom stereocenters. The molecule has 3 rings (SSSR count). The van der Waals surface area contributed by atoms with Crippen molar-refractivity contribution in [2.45, 2.75) is 39.0 Å². The number of carbonyl (C=O) groups excluding carboxylic acids is 2. The lowest BCUT2D eigenvalue weighted by atomic mass is 9.96. The summed E-state index contributed by atoms with van der Waals surface area (Å²) in [5, 5.41) is 2.83. The summed E-state index contributed by atoms with van der Waals surface area (Å²) in [6.45, 7) is 5.65. The van der Waals surface area contributed by atoms with E-state index >= 15 is 0 Å². The van der Waals surface area contributed by atoms with Gasteiger partial charge in [0, 0.05) is 24.4 Å². The zero-order valence-corrected chi connectivity index (χ0v) is 14.9. The van der Waals surface area contributed by atoms with Crippen LogP contribution in [0.5, 0.6) is 0 Å². The number of aryl methyl sites for hydroxylation is 2. The first-order chi connectivity index (χ1) is 11.6. The fraction of sp³-hybridized carbons (Fsp3) is 0.421. The Morgan fingerprint density at radius 2 is 2.08 bits per heavy atom. The van der Waals surface area contributed by atoms with E-state index in [0.29, 0.717) is 18.0 Å². The van der Waals surface area contributed by atoms with Crippen molar-refractivity contribution in [3.63, 3.8) is 0 Å². The second-order valence-electron chi connectivity index (χ2n) is 6.49. The third-order valence-corrected chi connectivity index (χ3v) is 5.73. The van der Waals surface area contributed by atoms with Crippen LogP contribution in [-0.4, -0.2) is 35.2 Å². The van der Waals surface area contributed by atoms with E-state index in [1.54, 1.807) is 16.7 Å². The highest BCUT2D eigenvalue weighted by Crippen LogP contribution is 2.30. The molecular weight excluding hydrogens is 320 g/mol. The summed E-state index contributed by atoms with van der Waals surface area (Å²) in [6, 6.07) is 6.27. The zero-order chi connectivity index (χ0) is 17.1. The second-order valence-corrected chi connectivity index (χ2v) is 7.38. The Balaban J connectivity index is 1.58. The Kier molecular flexibility index (Phi) is 5.09. The largest absolute Gasteiger partial charge is 0.342 e. The first-order valence-corrected chi connectivity index (χ1v) is 9.19. The average molecular weight is 342 g/mol. The van der Waals surface area contributed by atoms with Crippen LogP contribution in [0.2, 0.25) is 0 Å². The SMILES string of the molecule is Cc1ccc(C)c(CC(=O)N2CCC(c3nc(C=O)cs3)CC2)c1. The predicted octanol–water partition coefficient (Wildman–Crippen LogP) is 3.52. The molecule has 0 spiro atoms. The van der Waals surface area contributed by atoms with Crippen molar-refractivity contribution < 1.29 is 9.59 Å². The topological polar surface area (TPSA) is 50.3 Å². The number of aldehydes is 1. The lowest BCUT2D eigenvalue weighted by Gasteiger charge is -2.31. The van der Waals surface area contributed by atoms with Crippen molar-refractivity contribution in [2.75, 3.05) is 13.1 Å². The van der Waals surface area contributed by atoms with Crippen molar-refractivity contribution in [3.05, 3.63) is 51.0 Å². The van der Waals surface area contributed by atoms with Crippen LogP contribution in [0.1, 0.15) is 50.9 Å². The summed E-state index contributed by atoms with van der Waals surface area (Å²) in [7, 11) is 0. The summed E-state index contributed by atoms with van der Waals surface area (Å²) in [4.78, 5) is 29.7. The molecule has 1 saturated heterocycles. The standard InChI is InChI=1S/C19H22N2O2S/c1-13-3-4-14(2)16(9-13)10-18(23)21-7-5-15(6-8-21)19-20-17(11-22)12-24-19/h3-4,9,11-12,15H,5-8,10H2,1-2H3. The molecule has 4 nitrogen and oxygen atoms in total. The molecule has 0 bridgehead atoms. The summed E-state index contributed by atoms with van der Waals surface area (Å²) < 4.78 is 0. The molecule has 1 amide bonds. The molecule has 24 heavy (non-hydrogen) atoms. The number of piperidine rings is 1. The summed E-state index contributed by atoms with van der Waals surface area (Å²) in [5.41, 5.74) is 4.01. The number of carbonyl (C=O) groups is 2. The van der Waals surface area contributed by atoms with Gasteiger partial charge in [0.25, 0.3) is 0 Å². The van der Waals surface area contributed by atoms with Gasteiger partial charge in [0.1, 0.15) is 5.69 Å². The fourth-order valence-electron chi connectivity index (χ4n) is 3.18. The molecular formula is C19H22N2O2S. The van der Waals surface area contributed by atoms with Gasteiger partial charge in [0.05, 0.1) is 11.4 Å². The number of hydrogen-bond donors (Lipinski definition) is 0. The van der Waals surface area contributed by atoms with Gasteiger partial charge in [-0.1, -0.05) is 23.8 Å². The molecule has 2 aromatic rings. The minimum atomic E-state index is 0.204. The van der Waals surface area contributed by atoms with Crippen molar-refractivity contribution in [2.24, 2.45) is 0 Å². The number of hydrogen-bond acceptors (Lipinski definition) is 4. The molecule has 1 aliphatic rings. The van der Waals surface area contributed by atoms with Crippen LogP contribution in [0.3, 0.4) is 0 Å². The van der Waals surface area contributed by atoms with Crippen LogP contribution in [0, 0.1) is 13.8 Å². The summed E-state index contributed by atoms with van der Waals surface area (Å²) >= 11 is 1.55. The van der Waals surface area contributed by atoms with E-state index in [4.69, 9.17) is 0 Å². The molecule has 0 aliphatic carbocycles. The number of amides is 1. The number of aromatic nitrogens is 1. The maximum Gasteiger partial charge on any atom is 0.227 e. The molecule has 126 valence electrons. The van der Waals surface area contributed by atoms with Gasteiger partial charge < -0.3 is 4.90 Å². The Hall–Kier alpha value is -2.01. The van der Waals surface area contributed by atoms with Crippen LogP contribution in [-0.2, 0) is 11.2 Å². The van der Waals surface area contributed by atoms with E-state index in [1.165, 1.54) is 11.1 Å². The van der Waals surface area contributed by atoms with Gasteiger partial charge in [-0.25, -0.2) is 4.98 Å². The lowest BCUT2D eigenvalue weighted by Crippen LogP contribution is -2.38. The van der Waals surface area contributed by atoms with E-state index in [0.717, 1.165) is 42.8 Å². The van der Waals surface area contributed by atoms with E-state index in [2.05, 4.69) is 37.0 Å². The highest BCUT2D eigenvalue weighted by molar-refractivity contribution is 7.09. The van der Waals surface area contributed by atoms with E-state index in [1.807, 2.05) is 4.90 Å². The Morgan fingerprint density at radius 1 is 1.33 bits per heavy atom. The Morgan fingerprint density at radius 3 is 2.75 bits per heavy atom. The first-order valence-electron chi connectivity index (χ1n) is 8.31. The van der Waals surface area contributed by atoms with Gasteiger partial charge in [-0.15, -0.1) is 11.3 Å². The number of rotatable bonds is 4. The smallest absolute Gasteiger partial charge is 0.227 e. The lowest BCUT2D eigenvalue weighted by molar-refractivity contribution is -0.131. The molecule has 0 radical (unpaired) electrons. The van der Waals surface area contributed by atoms with Gasteiger partial charge >= 0.3 is 0 Å². The monoisotopic (exact) mass is 342 g/mol. The molecule has 1 aromatic heterocycles. The second kappa shape index (κ2) is 7.26. The quantitative estimate of drug-likeness (QED) is 0.799. The van der Waals surface area contributed by atoms with Crippen molar-refractivity contribution in [1.29, 1.82) is 0 Å². The molecule has 0 atom stereocenters. The minimum Gasteiger partial charge on any atom is -0.342 e. The summed E-state index contributed by atoms with van der Waals surface area (Å²) in [5.74, 6) is 0.573. The average Bonchev–Trinajstić information content (AvgIpc) is 3.07. The molecule has 5 heteroatoms. The van der Waals surface area contributed by atoms with Crippen LogP contribution >= 0.6 is 11.3 Å². The van der Waals surface area contributed by atoms with Gasteiger partial charge in [-0.05, 0) is 37.8 Å². The molecule has 1 fully saturated rings. The van der Waals surface area contributed by atoms with Crippen molar-refractivity contribution in [1.82, 2.24) is 9.88 Å². The van der Waals surface area contributed by atoms with Gasteiger partial charge in [0.15, 0.2) is 6.29 Å². The van der Waals surface area contributed by atoms with Crippen LogP contribution < -0.4 is 0 Å². The number of nitrogens with zero attached hydrogens (tertiary/aromatic N) is 2. The first kappa shape index (κ1) is 16.8. The van der Waals surface area contributed by atoms with Crippen molar-refractivity contribution in [3.8, 4) is 0 Å². The summed E-state index contributed by atoms with van der Waals surface area (Å²) in [6.07, 6.45) is 3.11. The number of benzene rings is 1. The normalized spacial score (nSPS) is 15.5. The minimum absolute atomic E-state index is 0.204. The molecule has 1 aromatic carbocycles. The highest BCUT2D eigenvalue weighted by atomic mass is 32.1. The van der Waals surface area contributed by atoms with Crippen LogP contribution in [0.25, 0.3) is 0 Å². The molecule has 0 N–H and O–H groups in total. The third-order valence-electron chi connectivity index (χ3n) is 4.70. The molecule has 2 heterocycles. The maximum absolute atomic E-state index is 12.6. The highest BCUT2D eigenvalue weighted by Gasteiger charge is 2.25. The van der Waals surface area contributed by atoms with E-state index < -0.39 is 0 Å². The zero-order valence-electron chi connectivity index (χ0n) is 14.1. The number of thiazole rings is 1. The van der Waals surface area contributed by atoms with Gasteiger partial charge in [0.2, 0.25) is 5.91 Å². The van der Waals surface area contributed by atoms with E-state index in [9.17, 15) is 9.59 Å². The predicted molar refractivity (Wildman–Crippen MR) is 95.7 cm³/mol.